The lowest BCUT2D eigenvalue weighted by molar-refractivity contribution is -0.140. The van der Waals surface area contributed by atoms with Crippen molar-refractivity contribution in [1.82, 2.24) is 15.8 Å². The van der Waals surface area contributed by atoms with Crippen LogP contribution in [-0.4, -0.2) is 35.0 Å². The highest BCUT2D eigenvalue weighted by Gasteiger charge is 2.52. The molecule has 4 amide bonds. The van der Waals surface area contributed by atoms with Gasteiger partial charge in [-0.25, -0.2) is 9.59 Å². The molecule has 9 heteroatoms. The Labute approximate surface area is 172 Å². The molecule has 1 aliphatic heterocycles. The van der Waals surface area contributed by atoms with Gasteiger partial charge in [-0.2, -0.15) is 5.01 Å². The lowest BCUT2D eigenvalue weighted by Crippen LogP contribution is -2.52. The third-order valence-corrected chi connectivity index (χ3v) is 5.82. The molecule has 2 aliphatic rings. The van der Waals surface area contributed by atoms with Gasteiger partial charge in [-0.3, -0.25) is 15.0 Å². The van der Waals surface area contributed by atoms with E-state index in [-0.39, 0.29) is 0 Å². The first-order valence-electron chi connectivity index (χ1n) is 9.91. The summed E-state index contributed by atoms with van der Waals surface area (Å²) in [5.74, 6) is -0.255. The van der Waals surface area contributed by atoms with Crippen molar-refractivity contribution in [2.24, 2.45) is 5.92 Å². The minimum absolute atomic E-state index is 0.321. The Morgan fingerprint density at radius 2 is 2.00 bits per heavy atom. The van der Waals surface area contributed by atoms with Crippen molar-refractivity contribution < 1.29 is 23.5 Å². The highest BCUT2D eigenvalue weighted by atomic mass is 16.5. The number of hydrazine groups is 1. The largest absolute Gasteiger partial charge is 0.484 e. The van der Waals surface area contributed by atoms with Gasteiger partial charge >= 0.3 is 11.7 Å². The normalized spacial score (nSPS) is 23.7. The minimum Gasteiger partial charge on any atom is -0.484 e. The first-order valence-corrected chi connectivity index (χ1v) is 9.91. The molecule has 0 unspecified atom stereocenters. The average Bonchev–Trinajstić information content (AvgIpc) is 2.92. The van der Waals surface area contributed by atoms with E-state index in [0.29, 0.717) is 30.1 Å². The average molecular weight is 413 g/mol. The molecule has 9 nitrogen and oxygen atoms in total. The molecule has 1 saturated carbocycles. The molecule has 1 spiro atoms. The Hall–Kier alpha value is -3.36. The number of rotatable bonds is 4. The van der Waals surface area contributed by atoms with Crippen molar-refractivity contribution >= 4 is 28.8 Å². The molecule has 1 aromatic heterocycles. The zero-order valence-corrected chi connectivity index (χ0v) is 16.8. The van der Waals surface area contributed by atoms with E-state index in [1.54, 1.807) is 19.1 Å². The van der Waals surface area contributed by atoms with Crippen molar-refractivity contribution in [2.45, 2.75) is 45.1 Å². The molecule has 4 rings (SSSR count). The van der Waals surface area contributed by atoms with Gasteiger partial charge in [0.2, 0.25) is 0 Å². The fraction of sp³-hybridized carbons (Fsp3) is 0.429. The summed E-state index contributed by atoms with van der Waals surface area (Å²) >= 11 is 0. The first-order chi connectivity index (χ1) is 14.3. The van der Waals surface area contributed by atoms with Crippen molar-refractivity contribution in [1.29, 1.82) is 0 Å². The molecule has 0 radical (unpaired) electrons. The number of nitrogens with one attached hydrogen (secondary N) is 2. The Bertz CT molecular complexity index is 1080. The topological polar surface area (TPSA) is 118 Å². The first kappa shape index (κ1) is 19.9. The summed E-state index contributed by atoms with van der Waals surface area (Å²) in [5, 5.41) is 4.24. The number of imide groups is 1. The standard InChI is InChI=1S/C21H23N3O6/c1-12-5-7-21(8-6-12)19(27)24(20(28)22-21)23-17(25)11-29-14-3-4-15-13(2)9-18(26)30-16(15)10-14/h3-4,9-10,12H,5-8,11H2,1-2H3,(H,22,28)(H,23,25). The number of benzene rings is 1. The van der Waals surface area contributed by atoms with E-state index in [1.807, 2.05) is 0 Å². The maximum Gasteiger partial charge on any atom is 0.344 e. The van der Waals surface area contributed by atoms with Gasteiger partial charge in [0.15, 0.2) is 6.61 Å². The van der Waals surface area contributed by atoms with Gasteiger partial charge in [0.25, 0.3) is 11.8 Å². The molecule has 1 aromatic carbocycles. The van der Waals surface area contributed by atoms with Crippen LogP contribution >= 0.6 is 0 Å². The summed E-state index contributed by atoms with van der Waals surface area (Å²) in [6, 6.07) is 5.66. The lowest BCUT2D eigenvalue weighted by atomic mass is 9.77. The van der Waals surface area contributed by atoms with Gasteiger partial charge in [-0.1, -0.05) is 6.92 Å². The Morgan fingerprint density at radius 1 is 1.27 bits per heavy atom. The fourth-order valence-corrected chi connectivity index (χ4v) is 4.02. The highest BCUT2D eigenvalue weighted by Crippen LogP contribution is 2.35. The Kier molecular flexibility index (Phi) is 4.97. The van der Waals surface area contributed by atoms with Crippen LogP contribution in [0.4, 0.5) is 4.79 Å². The van der Waals surface area contributed by atoms with Crippen molar-refractivity contribution in [2.75, 3.05) is 6.61 Å². The number of aryl methyl sites for hydroxylation is 1. The summed E-state index contributed by atoms with van der Waals surface area (Å²) in [6.45, 7) is 3.50. The van der Waals surface area contributed by atoms with Crippen molar-refractivity contribution in [3.8, 4) is 5.75 Å². The molecule has 1 aliphatic carbocycles. The molecular formula is C21H23N3O6. The second-order valence-electron chi connectivity index (χ2n) is 8.07. The third-order valence-electron chi connectivity index (χ3n) is 5.82. The Balaban J connectivity index is 1.39. The van der Waals surface area contributed by atoms with Crippen LogP contribution in [0.1, 0.15) is 38.2 Å². The van der Waals surface area contributed by atoms with E-state index in [2.05, 4.69) is 17.7 Å². The number of carbonyl (C=O) groups is 3. The second kappa shape index (κ2) is 7.47. The molecule has 30 heavy (non-hydrogen) atoms. The van der Waals surface area contributed by atoms with Crippen LogP contribution < -0.4 is 21.1 Å². The van der Waals surface area contributed by atoms with Gasteiger partial charge in [0, 0.05) is 17.5 Å². The zero-order chi connectivity index (χ0) is 21.5. The number of carbonyl (C=O) groups excluding carboxylic acids is 3. The zero-order valence-electron chi connectivity index (χ0n) is 16.8. The summed E-state index contributed by atoms with van der Waals surface area (Å²) in [7, 11) is 0. The predicted molar refractivity (Wildman–Crippen MR) is 107 cm³/mol. The maximum atomic E-state index is 12.8. The van der Waals surface area contributed by atoms with Crippen LogP contribution in [0.15, 0.2) is 33.5 Å². The van der Waals surface area contributed by atoms with Gasteiger partial charge in [-0.15, -0.1) is 0 Å². The van der Waals surface area contributed by atoms with Crippen LogP contribution in [0.5, 0.6) is 5.75 Å². The molecule has 0 atom stereocenters. The lowest BCUT2D eigenvalue weighted by Gasteiger charge is -2.33. The van der Waals surface area contributed by atoms with Crippen molar-refractivity contribution in [3.63, 3.8) is 0 Å². The SMILES string of the molecule is Cc1cc(=O)oc2cc(OCC(=O)NN3C(=O)NC4(CCC(C)CC4)C3=O)ccc12. The van der Waals surface area contributed by atoms with Gasteiger partial charge in [0.1, 0.15) is 16.9 Å². The quantitative estimate of drug-likeness (QED) is 0.585. The summed E-state index contributed by atoms with van der Waals surface area (Å²) in [6.07, 6.45) is 2.80. The van der Waals surface area contributed by atoms with E-state index in [4.69, 9.17) is 9.15 Å². The van der Waals surface area contributed by atoms with E-state index in [9.17, 15) is 19.2 Å². The number of amides is 4. The molecule has 2 fully saturated rings. The molecule has 0 bridgehead atoms. The molecule has 2 aromatic rings. The van der Waals surface area contributed by atoms with Gasteiger partial charge in [-0.05, 0) is 56.2 Å². The van der Waals surface area contributed by atoms with E-state index in [1.165, 1.54) is 12.1 Å². The second-order valence-corrected chi connectivity index (χ2v) is 8.07. The number of nitrogens with zero attached hydrogens (tertiary/aromatic N) is 1. The van der Waals surface area contributed by atoms with E-state index in [0.717, 1.165) is 28.8 Å². The molecule has 1 saturated heterocycles. The number of hydrogen-bond acceptors (Lipinski definition) is 6. The van der Waals surface area contributed by atoms with E-state index >= 15 is 0 Å². The number of hydrogen-bond donors (Lipinski definition) is 2. The molecule has 158 valence electrons. The van der Waals surface area contributed by atoms with Crippen LogP contribution in [-0.2, 0) is 9.59 Å². The predicted octanol–water partition coefficient (Wildman–Crippen LogP) is 2.01. The van der Waals surface area contributed by atoms with Gasteiger partial charge < -0.3 is 14.5 Å². The summed E-state index contributed by atoms with van der Waals surface area (Å²) in [5.41, 5.74) is 2.04. The van der Waals surface area contributed by atoms with Crippen LogP contribution in [0.25, 0.3) is 11.0 Å². The van der Waals surface area contributed by atoms with E-state index < -0.39 is 35.6 Å². The monoisotopic (exact) mass is 413 g/mol. The van der Waals surface area contributed by atoms with Crippen molar-refractivity contribution in [3.05, 3.63) is 40.2 Å². The smallest absolute Gasteiger partial charge is 0.344 e. The number of ether oxygens (including phenoxy) is 1. The van der Waals surface area contributed by atoms with Crippen LogP contribution in [0.2, 0.25) is 0 Å². The highest BCUT2D eigenvalue weighted by molar-refractivity contribution is 6.08. The Morgan fingerprint density at radius 3 is 2.73 bits per heavy atom. The minimum atomic E-state index is -0.925. The summed E-state index contributed by atoms with van der Waals surface area (Å²) < 4.78 is 10.6. The fourth-order valence-electron chi connectivity index (χ4n) is 4.02. The van der Waals surface area contributed by atoms with Crippen LogP contribution in [0.3, 0.4) is 0 Å². The number of fused-ring (bicyclic) bond motifs is 1. The third kappa shape index (κ3) is 3.62. The maximum absolute atomic E-state index is 12.8. The van der Waals surface area contributed by atoms with Crippen LogP contribution in [0, 0.1) is 12.8 Å². The molecular weight excluding hydrogens is 390 g/mol. The number of urea groups is 1. The molecule has 2 N–H and O–H groups in total. The summed E-state index contributed by atoms with van der Waals surface area (Å²) in [4.78, 5) is 48.8. The molecule has 2 heterocycles. The van der Waals surface area contributed by atoms with Gasteiger partial charge in [0.05, 0.1) is 0 Å².